The molecule has 8 nitrogen and oxygen atoms in total. The normalized spacial score (nSPS) is 11.6. The number of pyridine rings is 1. The van der Waals surface area contributed by atoms with Crippen LogP contribution in [0.5, 0.6) is 11.6 Å². The van der Waals surface area contributed by atoms with E-state index in [-0.39, 0.29) is 28.6 Å². The second-order valence-electron chi connectivity index (χ2n) is 5.53. The number of anilines is 2. The number of rotatable bonds is 7. The molecule has 1 heterocycles. The molecule has 0 bridgehead atoms. The molecule has 1 amide bonds. The van der Waals surface area contributed by atoms with Crippen molar-refractivity contribution >= 4 is 27.3 Å². The molecule has 0 fully saturated rings. The Kier molecular flexibility index (Phi) is 6.33. The lowest BCUT2D eigenvalue weighted by atomic mass is 10.2. The summed E-state index contributed by atoms with van der Waals surface area (Å²) in [5, 5.41) is 2.52. The number of carbonyl (C=O) groups excluding carboxylic acids is 1. The summed E-state index contributed by atoms with van der Waals surface area (Å²) in [4.78, 5) is 15.9. The molecule has 28 heavy (non-hydrogen) atoms. The van der Waals surface area contributed by atoms with Crippen molar-refractivity contribution < 1.29 is 35.9 Å². The van der Waals surface area contributed by atoms with Gasteiger partial charge in [-0.15, -0.1) is 0 Å². The third-order valence-electron chi connectivity index (χ3n) is 3.13. The number of alkyl halides is 3. The van der Waals surface area contributed by atoms with Gasteiger partial charge in [-0.1, -0.05) is 0 Å². The summed E-state index contributed by atoms with van der Waals surface area (Å²) in [6.07, 6.45) is -2.48. The number of hydrogen-bond donors (Lipinski definition) is 2. The molecule has 2 N–H and O–H groups in total. The van der Waals surface area contributed by atoms with E-state index in [0.717, 1.165) is 18.5 Å². The van der Waals surface area contributed by atoms with E-state index in [4.69, 9.17) is 4.74 Å². The Balaban J connectivity index is 2.11. The monoisotopic (exact) mass is 419 g/mol. The van der Waals surface area contributed by atoms with Gasteiger partial charge in [-0.25, -0.2) is 13.4 Å². The van der Waals surface area contributed by atoms with Crippen molar-refractivity contribution in [2.45, 2.75) is 6.18 Å². The van der Waals surface area contributed by atoms with Gasteiger partial charge < -0.3 is 14.8 Å². The molecule has 1 aromatic carbocycles. The maximum absolute atomic E-state index is 12.3. The van der Waals surface area contributed by atoms with Gasteiger partial charge in [0, 0.05) is 18.0 Å². The van der Waals surface area contributed by atoms with Gasteiger partial charge in [-0.3, -0.25) is 9.52 Å². The van der Waals surface area contributed by atoms with Gasteiger partial charge in [-0.05, 0) is 24.3 Å². The van der Waals surface area contributed by atoms with Gasteiger partial charge in [0.1, 0.15) is 5.75 Å². The van der Waals surface area contributed by atoms with Crippen LogP contribution in [-0.4, -0.2) is 45.5 Å². The average Bonchev–Trinajstić information content (AvgIpc) is 2.58. The van der Waals surface area contributed by atoms with E-state index in [1.165, 1.54) is 31.4 Å². The Bertz CT molecular complexity index is 947. The molecule has 0 saturated heterocycles. The van der Waals surface area contributed by atoms with Crippen molar-refractivity contribution in [3.63, 3.8) is 0 Å². The number of nitrogens with zero attached hydrogens (tertiary/aromatic N) is 1. The van der Waals surface area contributed by atoms with Crippen molar-refractivity contribution in [2.24, 2.45) is 0 Å². The zero-order chi connectivity index (χ0) is 20.9. The van der Waals surface area contributed by atoms with E-state index in [2.05, 4.69) is 19.8 Å². The lowest BCUT2D eigenvalue weighted by molar-refractivity contribution is -0.154. The van der Waals surface area contributed by atoms with Gasteiger partial charge in [0.15, 0.2) is 6.61 Å². The maximum atomic E-state index is 12.3. The highest BCUT2D eigenvalue weighted by Gasteiger charge is 2.28. The summed E-state index contributed by atoms with van der Waals surface area (Å²) in [6.45, 7) is -1.49. The molecule has 0 atom stereocenters. The topological polar surface area (TPSA) is 107 Å². The highest BCUT2D eigenvalue weighted by atomic mass is 32.2. The number of amides is 1. The number of sulfonamides is 1. The van der Waals surface area contributed by atoms with Crippen LogP contribution in [0.15, 0.2) is 36.5 Å². The number of aromatic nitrogens is 1. The Morgan fingerprint density at radius 3 is 2.46 bits per heavy atom. The Labute approximate surface area is 158 Å². The summed E-state index contributed by atoms with van der Waals surface area (Å²) in [5.74, 6) is -0.639. The minimum absolute atomic E-state index is 0.0628. The van der Waals surface area contributed by atoms with Crippen LogP contribution in [-0.2, 0) is 10.0 Å². The minimum Gasteiger partial charge on any atom is -0.495 e. The highest BCUT2D eigenvalue weighted by molar-refractivity contribution is 7.92. The molecule has 1 aromatic heterocycles. The smallest absolute Gasteiger partial charge is 0.422 e. The number of nitrogens with one attached hydrogen (secondary N) is 2. The summed E-state index contributed by atoms with van der Waals surface area (Å²) in [5.41, 5.74) is 0.443. The van der Waals surface area contributed by atoms with Crippen molar-refractivity contribution in [1.82, 2.24) is 4.98 Å². The summed E-state index contributed by atoms with van der Waals surface area (Å²) >= 11 is 0. The highest BCUT2D eigenvalue weighted by Crippen LogP contribution is 2.28. The lowest BCUT2D eigenvalue weighted by Crippen LogP contribution is -2.19. The molecule has 0 aliphatic heterocycles. The fourth-order valence-corrected chi connectivity index (χ4v) is 2.58. The molecule has 0 aliphatic rings. The molecule has 2 aromatic rings. The Morgan fingerprint density at radius 1 is 1.21 bits per heavy atom. The van der Waals surface area contributed by atoms with Crippen LogP contribution in [0.1, 0.15) is 10.4 Å². The number of hydrogen-bond acceptors (Lipinski definition) is 6. The summed E-state index contributed by atoms with van der Waals surface area (Å²) in [6, 6.07) is 6.67. The number of methoxy groups -OCH3 is 1. The first-order valence-corrected chi connectivity index (χ1v) is 9.49. The van der Waals surface area contributed by atoms with E-state index in [1.54, 1.807) is 0 Å². The van der Waals surface area contributed by atoms with E-state index < -0.39 is 28.7 Å². The molecule has 0 radical (unpaired) electrons. The number of halogens is 3. The van der Waals surface area contributed by atoms with Crippen molar-refractivity contribution in [3.8, 4) is 11.6 Å². The predicted octanol–water partition coefficient (Wildman–Crippen LogP) is 2.66. The van der Waals surface area contributed by atoms with Crippen LogP contribution < -0.4 is 19.5 Å². The molecule has 12 heteroatoms. The lowest BCUT2D eigenvalue weighted by Gasteiger charge is -2.12. The van der Waals surface area contributed by atoms with Crippen molar-refractivity contribution in [2.75, 3.05) is 30.0 Å². The largest absolute Gasteiger partial charge is 0.495 e. The standard InChI is InChI=1S/C16H16F3N3O5S/c1-26-13-5-4-11(7-12(13)22-28(2,24)25)21-15(23)10-3-6-14(20-8-10)27-9-16(17,18)19/h3-8,22H,9H2,1-2H3,(H,21,23). The quantitative estimate of drug-likeness (QED) is 0.715. The van der Waals surface area contributed by atoms with Crippen molar-refractivity contribution in [1.29, 1.82) is 0 Å². The zero-order valence-electron chi connectivity index (χ0n) is 14.7. The Morgan fingerprint density at radius 2 is 1.93 bits per heavy atom. The van der Waals surface area contributed by atoms with Gasteiger partial charge in [0.05, 0.1) is 24.6 Å². The first kappa shape index (κ1) is 21.3. The molecule has 0 aliphatic carbocycles. The number of carbonyl (C=O) groups is 1. The fraction of sp³-hybridized carbons (Fsp3) is 0.250. The molecule has 2 rings (SSSR count). The number of benzene rings is 1. The predicted molar refractivity (Wildman–Crippen MR) is 95.2 cm³/mol. The molecule has 0 unspecified atom stereocenters. The van der Waals surface area contributed by atoms with Gasteiger partial charge in [-0.2, -0.15) is 13.2 Å². The fourth-order valence-electron chi connectivity index (χ4n) is 2.02. The molecular formula is C16H16F3N3O5S. The van der Waals surface area contributed by atoms with Gasteiger partial charge >= 0.3 is 6.18 Å². The van der Waals surface area contributed by atoms with E-state index in [9.17, 15) is 26.4 Å². The molecule has 0 spiro atoms. The first-order valence-electron chi connectivity index (χ1n) is 7.59. The second-order valence-corrected chi connectivity index (χ2v) is 7.28. The van der Waals surface area contributed by atoms with E-state index in [1.807, 2.05) is 0 Å². The van der Waals surface area contributed by atoms with Crippen LogP contribution >= 0.6 is 0 Å². The maximum Gasteiger partial charge on any atom is 0.422 e. The molecular weight excluding hydrogens is 403 g/mol. The third kappa shape index (κ3) is 6.61. The van der Waals surface area contributed by atoms with E-state index in [0.29, 0.717) is 0 Å². The van der Waals surface area contributed by atoms with Crippen LogP contribution in [0.4, 0.5) is 24.5 Å². The minimum atomic E-state index is -4.50. The number of ether oxygens (including phenoxy) is 2. The second kappa shape index (κ2) is 8.33. The summed E-state index contributed by atoms with van der Waals surface area (Å²) < 4.78 is 71.0. The summed E-state index contributed by atoms with van der Waals surface area (Å²) in [7, 11) is -2.22. The SMILES string of the molecule is COc1ccc(NC(=O)c2ccc(OCC(F)(F)F)nc2)cc1NS(C)(=O)=O. The molecule has 0 saturated carbocycles. The zero-order valence-corrected chi connectivity index (χ0v) is 15.5. The van der Waals surface area contributed by atoms with E-state index >= 15 is 0 Å². The van der Waals surface area contributed by atoms with Crippen LogP contribution in [0.3, 0.4) is 0 Å². The first-order chi connectivity index (χ1) is 13.0. The van der Waals surface area contributed by atoms with Gasteiger partial charge in [0.25, 0.3) is 5.91 Å². The van der Waals surface area contributed by atoms with Crippen LogP contribution in [0, 0.1) is 0 Å². The van der Waals surface area contributed by atoms with Gasteiger partial charge in [0.2, 0.25) is 15.9 Å². The Hall–Kier alpha value is -3.02. The van der Waals surface area contributed by atoms with Crippen LogP contribution in [0.25, 0.3) is 0 Å². The van der Waals surface area contributed by atoms with Crippen molar-refractivity contribution in [3.05, 3.63) is 42.1 Å². The molecule has 152 valence electrons. The third-order valence-corrected chi connectivity index (χ3v) is 3.73. The van der Waals surface area contributed by atoms with Crippen LogP contribution in [0.2, 0.25) is 0 Å². The average molecular weight is 419 g/mol.